The van der Waals surface area contributed by atoms with Crippen molar-refractivity contribution in [2.45, 2.75) is 13.8 Å². The van der Waals surface area contributed by atoms with Crippen LogP contribution >= 0.6 is 0 Å². The van der Waals surface area contributed by atoms with E-state index in [1.54, 1.807) is 21.1 Å². The number of carbonyl (C=O) groups is 1. The maximum absolute atomic E-state index is 12.3. The quantitative estimate of drug-likeness (QED) is 0.847. The van der Waals surface area contributed by atoms with Gasteiger partial charge in [0.25, 0.3) is 5.91 Å². The highest BCUT2D eigenvalue weighted by atomic mass is 16.5. The first-order valence-corrected chi connectivity index (χ1v) is 7.32. The average molecular weight is 311 g/mol. The fraction of sp³-hybridized carbons (Fsp3) is 0.211. The Bertz CT molecular complexity index is 735. The summed E-state index contributed by atoms with van der Waals surface area (Å²) in [5.41, 5.74) is 3.37. The first-order valence-electron chi connectivity index (χ1n) is 7.32. The smallest absolute Gasteiger partial charge is 0.251 e. The number of nitrogens with one attached hydrogen (secondary N) is 1. The summed E-state index contributed by atoms with van der Waals surface area (Å²) in [6, 6.07) is 13.2. The fourth-order valence-corrected chi connectivity index (χ4v) is 2.21. The Balaban J connectivity index is 2.17. The molecule has 0 unspecified atom stereocenters. The molecule has 0 fully saturated rings. The van der Waals surface area contributed by atoms with E-state index in [1.807, 2.05) is 55.5 Å². The van der Waals surface area contributed by atoms with Gasteiger partial charge in [-0.15, -0.1) is 0 Å². The Morgan fingerprint density at radius 3 is 2.43 bits per heavy atom. The molecule has 23 heavy (non-hydrogen) atoms. The van der Waals surface area contributed by atoms with Crippen LogP contribution in [0, 0.1) is 6.92 Å². The molecular formula is C19H21NO3. The van der Waals surface area contributed by atoms with E-state index in [0.717, 1.165) is 16.8 Å². The molecule has 0 saturated carbocycles. The second kappa shape index (κ2) is 7.49. The van der Waals surface area contributed by atoms with Crippen molar-refractivity contribution >= 4 is 17.7 Å². The SMILES string of the molecule is COc1ccc(/C=C(\C)C(=O)Nc2cccc(C)c2)cc1OC. The molecule has 2 aromatic rings. The molecule has 4 heteroatoms. The summed E-state index contributed by atoms with van der Waals surface area (Å²) >= 11 is 0. The minimum atomic E-state index is -0.134. The Kier molecular flexibility index (Phi) is 5.41. The average Bonchev–Trinajstić information content (AvgIpc) is 2.54. The minimum absolute atomic E-state index is 0.134. The van der Waals surface area contributed by atoms with Crippen LogP contribution in [-0.4, -0.2) is 20.1 Å². The van der Waals surface area contributed by atoms with E-state index in [1.165, 1.54) is 0 Å². The lowest BCUT2D eigenvalue weighted by atomic mass is 10.1. The highest BCUT2D eigenvalue weighted by Crippen LogP contribution is 2.28. The number of hydrogen-bond donors (Lipinski definition) is 1. The third kappa shape index (κ3) is 4.36. The van der Waals surface area contributed by atoms with Crippen LogP contribution in [0.15, 0.2) is 48.0 Å². The predicted octanol–water partition coefficient (Wildman–Crippen LogP) is 4.05. The van der Waals surface area contributed by atoms with E-state index < -0.39 is 0 Å². The van der Waals surface area contributed by atoms with Gasteiger partial charge in [-0.3, -0.25) is 4.79 Å². The first-order chi connectivity index (χ1) is 11.0. The summed E-state index contributed by atoms with van der Waals surface area (Å²) in [5.74, 6) is 1.16. The molecule has 0 saturated heterocycles. The third-order valence-corrected chi connectivity index (χ3v) is 3.42. The van der Waals surface area contributed by atoms with Crippen molar-refractivity contribution < 1.29 is 14.3 Å². The zero-order chi connectivity index (χ0) is 16.8. The van der Waals surface area contributed by atoms with Crippen molar-refractivity contribution in [2.24, 2.45) is 0 Å². The van der Waals surface area contributed by atoms with Crippen molar-refractivity contribution in [3.8, 4) is 11.5 Å². The number of benzene rings is 2. The van der Waals surface area contributed by atoms with Gasteiger partial charge in [0, 0.05) is 11.3 Å². The largest absolute Gasteiger partial charge is 0.493 e. The highest BCUT2D eigenvalue weighted by Gasteiger charge is 2.07. The Morgan fingerprint density at radius 2 is 1.78 bits per heavy atom. The van der Waals surface area contributed by atoms with Crippen molar-refractivity contribution in [2.75, 3.05) is 19.5 Å². The molecule has 0 heterocycles. The molecule has 2 rings (SSSR count). The van der Waals surface area contributed by atoms with Gasteiger partial charge in [-0.25, -0.2) is 0 Å². The van der Waals surface area contributed by atoms with E-state index in [4.69, 9.17) is 9.47 Å². The Labute approximate surface area is 136 Å². The van der Waals surface area contributed by atoms with Crippen molar-refractivity contribution in [1.82, 2.24) is 0 Å². The summed E-state index contributed by atoms with van der Waals surface area (Å²) < 4.78 is 10.5. The summed E-state index contributed by atoms with van der Waals surface area (Å²) in [7, 11) is 3.18. The molecule has 0 aliphatic rings. The topological polar surface area (TPSA) is 47.6 Å². The monoisotopic (exact) mass is 311 g/mol. The van der Waals surface area contributed by atoms with Crippen molar-refractivity contribution in [1.29, 1.82) is 0 Å². The molecule has 0 aromatic heterocycles. The third-order valence-electron chi connectivity index (χ3n) is 3.42. The normalized spacial score (nSPS) is 11.0. The van der Waals surface area contributed by atoms with Crippen molar-refractivity contribution in [3.63, 3.8) is 0 Å². The highest BCUT2D eigenvalue weighted by molar-refractivity contribution is 6.06. The first kappa shape index (κ1) is 16.6. The number of anilines is 1. The van der Waals surface area contributed by atoms with Crippen LogP contribution in [0.3, 0.4) is 0 Å². The van der Waals surface area contributed by atoms with Crippen molar-refractivity contribution in [3.05, 3.63) is 59.2 Å². The molecule has 0 aliphatic heterocycles. The molecule has 0 bridgehead atoms. The molecule has 120 valence electrons. The summed E-state index contributed by atoms with van der Waals surface area (Å²) in [6.45, 7) is 3.77. The van der Waals surface area contributed by atoms with E-state index in [0.29, 0.717) is 17.1 Å². The number of aryl methyl sites for hydroxylation is 1. The van der Waals surface area contributed by atoms with Crippen LogP contribution in [0.4, 0.5) is 5.69 Å². The number of hydrogen-bond acceptors (Lipinski definition) is 3. The van der Waals surface area contributed by atoms with Gasteiger partial charge in [0.2, 0.25) is 0 Å². The summed E-state index contributed by atoms with van der Waals surface area (Å²) in [6.07, 6.45) is 1.81. The number of ether oxygens (including phenoxy) is 2. The van der Waals surface area contributed by atoms with Gasteiger partial charge < -0.3 is 14.8 Å². The lowest BCUT2D eigenvalue weighted by Gasteiger charge is -2.09. The second-order valence-corrected chi connectivity index (χ2v) is 5.27. The molecule has 1 N–H and O–H groups in total. The molecule has 0 aliphatic carbocycles. The molecule has 0 spiro atoms. The zero-order valence-electron chi connectivity index (χ0n) is 13.8. The molecular weight excluding hydrogens is 290 g/mol. The summed E-state index contributed by atoms with van der Waals surface area (Å²) in [4.78, 5) is 12.3. The fourth-order valence-electron chi connectivity index (χ4n) is 2.21. The maximum atomic E-state index is 12.3. The number of methoxy groups -OCH3 is 2. The van der Waals surface area contributed by atoms with Gasteiger partial charge in [0.05, 0.1) is 14.2 Å². The van der Waals surface area contributed by atoms with Gasteiger partial charge in [-0.05, 0) is 55.3 Å². The number of rotatable bonds is 5. The van der Waals surface area contributed by atoms with Crippen LogP contribution in [-0.2, 0) is 4.79 Å². The van der Waals surface area contributed by atoms with Gasteiger partial charge in [0.15, 0.2) is 11.5 Å². The lowest BCUT2D eigenvalue weighted by molar-refractivity contribution is -0.112. The van der Waals surface area contributed by atoms with E-state index in [9.17, 15) is 4.79 Å². The molecule has 4 nitrogen and oxygen atoms in total. The molecule has 0 atom stereocenters. The second-order valence-electron chi connectivity index (χ2n) is 5.27. The minimum Gasteiger partial charge on any atom is -0.493 e. The molecule has 2 aromatic carbocycles. The summed E-state index contributed by atoms with van der Waals surface area (Å²) in [5, 5.41) is 2.89. The van der Waals surface area contributed by atoms with Gasteiger partial charge in [-0.1, -0.05) is 18.2 Å². The van der Waals surface area contributed by atoms with E-state index in [2.05, 4.69) is 5.32 Å². The maximum Gasteiger partial charge on any atom is 0.251 e. The van der Waals surface area contributed by atoms with Crippen LogP contribution < -0.4 is 14.8 Å². The predicted molar refractivity (Wildman–Crippen MR) is 93.0 cm³/mol. The van der Waals surface area contributed by atoms with Crippen LogP contribution in [0.25, 0.3) is 6.08 Å². The standard InChI is InChI=1S/C19H21NO3/c1-13-6-5-7-16(10-13)20-19(21)14(2)11-15-8-9-17(22-3)18(12-15)23-4/h5-12H,1-4H3,(H,20,21)/b14-11+. The van der Waals surface area contributed by atoms with Crippen LogP contribution in [0.1, 0.15) is 18.1 Å². The Morgan fingerprint density at radius 1 is 1.04 bits per heavy atom. The zero-order valence-corrected chi connectivity index (χ0v) is 13.8. The van der Waals surface area contributed by atoms with Gasteiger partial charge >= 0.3 is 0 Å². The molecule has 0 radical (unpaired) electrons. The van der Waals surface area contributed by atoms with Gasteiger partial charge in [-0.2, -0.15) is 0 Å². The number of carbonyl (C=O) groups excluding carboxylic acids is 1. The van der Waals surface area contributed by atoms with Crippen LogP contribution in [0.5, 0.6) is 11.5 Å². The lowest BCUT2D eigenvalue weighted by Crippen LogP contribution is -2.12. The molecule has 1 amide bonds. The van der Waals surface area contributed by atoms with Crippen LogP contribution in [0.2, 0.25) is 0 Å². The van der Waals surface area contributed by atoms with E-state index in [-0.39, 0.29) is 5.91 Å². The Hall–Kier alpha value is -2.75. The van der Waals surface area contributed by atoms with Gasteiger partial charge in [0.1, 0.15) is 0 Å². The number of amides is 1. The van der Waals surface area contributed by atoms with E-state index >= 15 is 0 Å².